The zero-order chi connectivity index (χ0) is 10.2. The van der Waals surface area contributed by atoms with Gasteiger partial charge >= 0.3 is 14.0 Å². The largest absolute Gasteiger partial charge is 0.506 e. The first kappa shape index (κ1) is 13.7. The van der Waals surface area contributed by atoms with Crippen LogP contribution < -0.4 is 0 Å². The number of rotatable bonds is 2. The molecule has 0 aliphatic carbocycles. The Morgan fingerprint density at radius 2 is 1.83 bits per heavy atom. The second-order valence-corrected chi connectivity index (χ2v) is 2.41. The second-order valence-electron chi connectivity index (χ2n) is 1.38. The Hall–Kier alpha value is -0.880. The Labute approximate surface area is 68.2 Å². The lowest BCUT2D eigenvalue weighted by Crippen LogP contribution is -1.98. The van der Waals surface area contributed by atoms with E-state index in [0.717, 1.165) is 0 Å². The first-order chi connectivity index (χ1) is 5.27. The molecule has 0 amide bonds. The van der Waals surface area contributed by atoms with Crippen molar-refractivity contribution in [2.45, 2.75) is 0 Å². The number of ether oxygens (including phenoxy) is 1. The van der Waals surface area contributed by atoms with Crippen molar-refractivity contribution in [2.75, 3.05) is 6.61 Å². The van der Waals surface area contributed by atoms with Crippen molar-refractivity contribution in [1.82, 2.24) is 0 Å². The van der Waals surface area contributed by atoms with E-state index in [1.807, 2.05) is 0 Å². The van der Waals surface area contributed by atoms with E-state index >= 15 is 0 Å². The van der Waals surface area contributed by atoms with Gasteiger partial charge in [0.15, 0.2) is 0 Å². The lowest BCUT2D eigenvalue weighted by atomic mass is 10.7. The third-order valence-electron chi connectivity index (χ3n) is 0.325. The Bertz CT molecular complexity index is 174. The van der Waals surface area contributed by atoms with Crippen LogP contribution in [0.1, 0.15) is 0 Å². The van der Waals surface area contributed by atoms with Crippen LogP contribution in [0.5, 0.6) is 0 Å². The van der Waals surface area contributed by atoms with Crippen LogP contribution in [-0.2, 0) is 9.30 Å². The summed E-state index contributed by atoms with van der Waals surface area (Å²) >= 11 is 0. The summed E-state index contributed by atoms with van der Waals surface area (Å²) in [7, 11) is -4.64. The van der Waals surface area contributed by atoms with E-state index in [-0.39, 0.29) is 6.61 Å². The molecule has 0 atom stereocenters. The van der Waals surface area contributed by atoms with E-state index in [0.29, 0.717) is 0 Å². The van der Waals surface area contributed by atoms with Gasteiger partial charge in [0.1, 0.15) is 6.61 Å². The number of carboxylic acid groups (broad SMARTS) is 1. The van der Waals surface area contributed by atoms with Gasteiger partial charge in [-0.05, 0) is 0 Å². The fourth-order valence-electron chi connectivity index (χ4n) is 0.130. The molecule has 8 heteroatoms. The highest BCUT2D eigenvalue weighted by atomic mass is 31.2. The molecule has 0 aromatic rings. The zero-order valence-electron chi connectivity index (χ0n) is 5.95. The Kier molecular flexibility index (Phi) is 7.77. The predicted molar refractivity (Wildman–Crippen MR) is 38.4 cm³/mol. The van der Waals surface area contributed by atoms with E-state index in [2.05, 4.69) is 11.3 Å². The molecule has 0 bridgehead atoms. The molecule has 0 spiro atoms. The molecule has 72 valence electrons. The van der Waals surface area contributed by atoms with Crippen LogP contribution >= 0.6 is 7.82 Å². The van der Waals surface area contributed by atoms with Crippen LogP contribution in [0.3, 0.4) is 0 Å². The van der Waals surface area contributed by atoms with Crippen molar-refractivity contribution in [3.63, 3.8) is 0 Å². The number of hydrogen-bond donors (Lipinski definition) is 4. The first-order valence-electron chi connectivity index (χ1n) is 2.52. The topological polar surface area (TPSA) is 124 Å². The van der Waals surface area contributed by atoms with Gasteiger partial charge in [0.25, 0.3) is 0 Å². The van der Waals surface area contributed by atoms with Gasteiger partial charge in [-0.25, -0.2) is 9.36 Å². The Morgan fingerprint density at radius 1 is 1.50 bits per heavy atom. The monoisotopic (exact) mass is 200 g/mol. The lowest BCUT2D eigenvalue weighted by molar-refractivity contribution is 0.102. The van der Waals surface area contributed by atoms with E-state index in [1.165, 1.54) is 6.08 Å². The van der Waals surface area contributed by atoms with E-state index in [9.17, 15) is 4.79 Å². The minimum Gasteiger partial charge on any atom is -0.450 e. The molecular weight excluding hydrogens is 191 g/mol. The maximum atomic E-state index is 9.49. The fourth-order valence-corrected chi connectivity index (χ4v) is 0.130. The van der Waals surface area contributed by atoms with Crippen LogP contribution in [0.15, 0.2) is 12.7 Å². The molecule has 0 saturated carbocycles. The van der Waals surface area contributed by atoms with Crippen LogP contribution in [0.4, 0.5) is 4.79 Å². The molecule has 7 nitrogen and oxygen atoms in total. The van der Waals surface area contributed by atoms with Crippen molar-refractivity contribution in [1.29, 1.82) is 0 Å². The van der Waals surface area contributed by atoms with Crippen LogP contribution in [0.2, 0.25) is 0 Å². The summed E-state index contributed by atoms with van der Waals surface area (Å²) < 4.78 is 12.9. The maximum Gasteiger partial charge on any atom is 0.506 e. The summed E-state index contributed by atoms with van der Waals surface area (Å²) in [6.45, 7) is 3.31. The van der Waals surface area contributed by atoms with Gasteiger partial charge in [0.2, 0.25) is 0 Å². The molecule has 0 aromatic heterocycles. The predicted octanol–water partition coefficient (Wildman–Crippen LogP) is -0.0616. The number of phosphoric acid groups is 1. The first-order valence-corrected chi connectivity index (χ1v) is 4.08. The molecule has 0 unspecified atom stereocenters. The third-order valence-corrected chi connectivity index (χ3v) is 0.325. The van der Waals surface area contributed by atoms with Crippen molar-refractivity contribution >= 4 is 14.0 Å². The minimum absolute atomic E-state index is 0.0648. The van der Waals surface area contributed by atoms with Crippen LogP contribution in [0, 0.1) is 0 Å². The third kappa shape index (κ3) is 61.8. The van der Waals surface area contributed by atoms with Gasteiger partial charge in [-0.3, -0.25) is 0 Å². The highest BCUT2D eigenvalue weighted by molar-refractivity contribution is 7.45. The van der Waals surface area contributed by atoms with Gasteiger partial charge < -0.3 is 24.5 Å². The lowest BCUT2D eigenvalue weighted by Gasteiger charge is -1.88. The van der Waals surface area contributed by atoms with E-state index in [4.69, 9.17) is 24.4 Å². The molecule has 0 aliphatic heterocycles. The molecule has 12 heavy (non-hydrogen) atoms. The fraction of sp³-hybridized carbons (Fsp3) is 0.250. The van der Waals surface area contributed by atoms with Gasteiger partial charge in [-0.2, -0.15) is 0 Å². The average molecular weight is 200 g/mol. The minimum atomic E-state index is -4.64. The quantitative estimate of drug-likeness (QED) is 0.279. The molecule has 4 N–H and O–H groups in total. The summed E-state index contributed by atoms with van der Waals surface area (Å²) in [5.41, 5.74) is 0. The molecule has 0 heterocycles. The van der Waals surface area contributed by atoms with Crippen molar-refractivity contribution < 1.29 is 33.9 Å². The standard InChI is InChI=1S/C4H6O3.H3O4P/c1-2-3-7-4(5)6;1-5(2,3)4/h2H,1,3H2,(H,5,6);(H3,1,2,3,4). The molecule has 0 rings (SSSR count). The highest BCUT2D eigenvalue weighted by Gasteiger charge is 2.00. The molecule has 0 aromatic carbocycles. The Balaban J connectivity index is 0. The average Bonchev–Trinajstić information content (AvgIpc) is 1.79. The zero-order valence-corrected chi connectivity index (χ0v) is 6.85. The highest BCUT2D eigenvalue weighted by Crippen LogP contribution is 2.25. The molecule has 0 radical (unpaired) electrons. The van der Waals surface area contributed by atoms with Gasteiger partial charge in [0, 0.05) is 0 Å². The molecule has 0 saturated heterocycles. The summed E-state index contributed by atoms with van der Waals surface area (Å²) in [5, 5.41) is 7.77. The van der Waals surface area contributed by atoms with Crippen LogP contribution in [-0.4, -0.2) is 32.5 Å². The van der Waals surface area contributed by atoms with Gasteiger partial charge in [-0.1, -0.05) is 12.7 Å². The van der Waals surface area contributed by atoms with E-state index in [1.54, 1.807) is 0 Å². The maximum absolute atomic E-state index is 9.49. The van der Waals surface area contributed by atoms with Gasteiger partial charge in [-0.15, -0.1) is 0 Å². The molecule has 0 fully saturated rings. The van der Waals surface area contributed by atoms with Crippen LogP contribution in [0.25, 0.3) is 0 Å². The summed E-state index contributed by atoms with van der Waals surface area (Å²) in [6.07, 6.45) is 0.105. The molecular formula is C4H9O7P. The normalized spacial score (nSPS) is 9.25. The summed E-state index contributed by atoms with van der Waals surface area (Å²) in [5.74, 6) is 0. The second kappa shape index (κ2) is 6.81. The van der Waals surface area contributed by atoms with Crippen molar-refractivity contribution in [2.24, 2.45) is 0 Å². The summed E-state index contributed by atoms with van der Waals surface area (Å²) in [4.78, 5) is 31.1. The SMILES string of the molecule is C=CCOC(=O)O.O=P(O)(O)O. The van der Waals surface area contributed by atoms with Crippen molar-refractivity contribution in [3.05, 3.63) is 12.7 Å². The van der Waals surface area contributed by atoms with Crippen molar-refractivity contribution in [3.8, 4) is 0 Å². The number of hydrogen-bond acceptors (Lipinski definition) is 3. The summed E-state index contributed by atoms with van der Waals surface area (Å²) in [6, 6.07) is 0. The Morgan fingerprint density at radius 3 is 1.92 bits per heavy atom. The number of carbonyl (C=O) groups is 1. The smallest absolute Gasteiger partial charge is 0.450 e. The van der Waals surface area contributed by atoms with E-state index < -0.39 is 14.0 Å². The van der Waals surface area contributed by atoms with Gasteiger partial charge in [0.05, 0.1) is 0 Å². The molecule has 0 aliphatic rings.